The maximum absolute atomic E-state index is 13.3. The molecule has 28 heavy (non-hydrogen) atoms. The van der Waals surface area contributed by atoms with Crippen LogP contribution in [0.1, 0.15) is 25.8 Å². The summed E-state index contributed by atoms with van der Waals surface area (Å²) in [6.45, 7) is 3.55. The number of hydrogen-bond donors (Lipinski definition) is 0. The van der Waals surface area contributed by atoms with E-state index in [2.05, 4.69) is 4.99 Å². The fourth-order valence-corrected chi connectivity index (χ4v) is 7.27. The molecule has 1 aromatic rings. The van der Waals surface area contributed by atoms with Gasteiger partial charge in [0.05, 0.1) is 28.1 Å². The highest BCUT2D eigenvalue weighted by atomic mass is 35.5. The fraction of sp³-hybridized carbons (Fsp3) is 0.529. The minimum absolute atomic E-state index is 0.102. The van der Waals surface area contributed by atoms with E-state index in [0.29, 0.717) is 6.42 Å². The van der Waals surface area contributed by atoms with Crippen LogP contribution in [0.3, 0.4) is 0 Å². The van der Waals surface area contributed by atoms with Crippen molar-refractivity contribution in [3.63, 3.8) is 0 Å². The van der Waals surface area contributed by atoms with Crippen molar-refractivity contribution in [3.05, 3.63) is 28.8 Å². The third-order valence-corrected chi connectivity index (χ3v) is 8.38. The van der Waals surface area contributed by atoms with Crippen molar-refractivity contribution in [1.82, 2.24) is 0 Å². The summed E-state index contributed by atoms with van der Waals surface area (Å²) < 4.78 is 63.9. The van der Waals surface area contributed by atoms with Crippen LogP contribution >= 0.6 is 23.4 Å². The van der Waals surface area contributed by atoms with Crippen molar-refractivity contribution in [2.75, 3.05) is 16.4 Å². The topological polar surface area (TPSA) is 66.8 Å². The Morgan fingerprint density at radius 2 is 2.07 bits per heavy atom. The lowest BCUT2D eigenvalue weighted by Crippen LogP contribution is -2.38. The molecule has 0 aromatic heterocycles. The first kappa shape index (κ1) is 21.4. The summed E-state index contributed by atoms with van der Waals surface area (Å²) in [4.78, 5) is 17.8. The zero-order valence-electron chi connectivity index (χ0n) is 15.0. The van der Waals surface area contributed by atoms with E-state index in [1.807, 2.05) is 6.92 Å². The Labute approximate surface area is 170 Å². The van der Waals surface area contributed by atoms with Gasteiger partial charge in [0.25, 0.3) is 5.91 Å². The van der Waals surface area contributed by atoms with E-state index in [4.69, 9.17) is 11.6 Å². The molecule has 154 valence electrons. The molecule has 0 aliphatic carbocycles. The molecule has 0 radical (unpaired) electrons. The summed E-state index contributed by atoms with van der Waals surface area (Å²) in [5.74, 6) is -1.03. The molecule has 3 rings (SSSR count). The van der Waals surface area contributed by atoms with E-state index in [0.717, 1.165) is 23.9 Å². The number of amidine groups is 1. The lowest BCUT2D eigenvalue weighted by molar-refractivity contribution is -0.137. The molecule has 11 heteroatoms. The molecule has 2 fully saturated rings. The number of carbonyl (C=O) groups excluding carboxylic acids is 1. The standard InChI is InChI=1S/C17H18ClF3N2O3S2/c1-3-9(2)15(24)22-16-23(13-7-28(25,26)8-14(13)27-16)10-4-5-12(18)11(6-10)17(19,20)21/h4-6,9,13-14H,3,7-8H2,1-2H3/t9-,13-,14+/m1/s1. The molecule has 0 bridgehead atoms. The average Bonchev–Trinajstić information content (AvgIpc) is 3.04. The van der Waals surface area contributed by atoms with Crippen LogP contribution in [0.4, 0.5) is 18.9 Å². The maximum Gasteiger partial charge on any atom is 0.417 e. The van der Waals surface area contributed by atoms with E-state index in [1.165, 1.54) is 11.0 Å². The first-order chi connectivity index (χ1) is 12.9. The highest BCUT2D eigenvalue weighted by molar-refractivity contribution is 8.16. The third kappa shape index (κ3) is 4.18. The molecule has 0 spiro atoms. The van der Waals surface area contributed by atoms with Crippen LogP contribution in [0, 0.1) is 5.92 Å². The van der Waals surface area contributed by atoms with Crippen LogP contribution in [0.2, 0.25) is 5.02 Å². The summed E-state index contributed by atoms with van der Waals surface area (Å²) in [5.41, 5.74) is -0.905. The number of rotatable bonds is 3. The smallest absolute Gasteiger partial charge is 0.316 e. The number of halogens is 4. The minimum atomic E-state index is -4.66. The fourth-order valence-electron chi connectivity index (χ4n) is 3.13. The molecule has 0 saturated carbocycles. The Kier molecular flexibility index (Phi) is 5.77. The van der Waals surface area contributed by atoms with Gasteiger partial charge >= 0.3 is 6.18 Å². The Hall–Kier alpha value is -1.26. The van der Waals surface area contributed by atoms with E-state index in [-0.39, 0.29) is 34.2 Å². The van der Waals surface area contributed by atoms with Gasteiger partial charge in [0, 0.05) is 16.9 Å². The number of benzene rings is 1. The summed E-state index contributed by atoms with van der Waals surface area (Å²) in [7, 11) is -3.32. The Morgan fingerprint density at radius 1 is 1.39 bits per heavy atom. The second-order valence-corrected chi connectivity index (χ2v) is 10.6. The average molecular weight is 455 g/mol. The number of aliphatic imine (C=N–C) groups is 1. The van der Waals surface area contributed by atoms with Gasteiger partial charge in [-0.25, -0.2) is 8.42 Å². The lowest BCUT2D eigenvalue weighted by atomic mass is 10.1. The molecular formula is C17H18ClF3N2O3S2. The number of alkyl halides is 3. The molecule has 5 nitrogen and oxygen atoms in total. The summed E-state index contributed by atoms with van der Waals surface area (Å²) in [6, 6.07) is 2.80. The Bertz CT molecular complexity index is 934. The number of carbonyl (C=O) groups is 1. The SMILES string of the molecule is CC[C@@H](C)C(=O)N=C1S[C@H]2CS(=O)(=O)C[C@H]2N1c1ccc(Cl)c(C(F)(F)F)c1. The summed E-state index contributed by atoms with van der Waals surface area (Å²) in [6.07, 6.45) is -4.09. The second kappa shape index (κ2) is 7.53. The highest BCUT2D eigenvalue weighted by Crippen LogP contribution is 2.43. The van der Waals surface area contributed by atoms with Gasteiger partial charge in [-0.15, -0.1) is 0 Å². The summed E-state index contributed by atoms with van der Waals surface area (Å²) in [5, 5.41) is -0.614. The van der Waals surface area contributed by atoms with Crippen LogP contribution in [0.5, 0.6) is 0 Å². The van der Waals surface area contributed by atoms with Crippen molar-refractivity contribution in [2.45, 2.75) is 37.7 Å². The van der Waals surface area contributed by atoms with Gasteiger partial charge in [0.2, 0.25) is 0 Å². The van der Waals surface area contributed by atoms with E-state index >= 15 is 0 Å². The zero-order valence-corrected chi connectivity index (χ0v) is 17.4. The van der Waals surface area contributed by atoms with Crippen molar-refractivity contribution in [1.29, 1.82) is 0 Å². The largest absolute Gasteiger partial charge is 0.417 e. The van der Waals surface area contributed by atoms with Gasteiger partial charge in [-0.2, -0.15) is 18.2 Å². The summed E-state index contributed by atoms with van der Waals surface area (Å²) >= 11 is 6.82. The first-order valence-corrected chi connectivity index (χ1v) is 11.7. The van der Waals surface area contributed by atoms with E-state index in [1.54, 1.807) is 6.92 Å². The van der Waals surface area contributed by atoms with Crippen LogP contribution in [-0.4, -0.2) is 42.3 Å². The number of fused-ring (bicyclic) bond motifs is 1. The van der Waals surface area contributed by atoms with Crippen LogP contribution < -0.4 is 4.90 Å². The molecule has 0 unspecified atom stereocenters. The van der Waals surface area contributed by atoms with Crippen molar-refractivity contribution in [3.8, 4) is 0 Å². The van der Waals surface area contributed by atoms with Gasteiger partial charge < -0.3 is 4.90 Å². The Morgan fingerprint density at radius 3 is 2.68 bits per heavy atom. The van der Waals surface area contributed by atoms with Gasteiger partial charge in [-0.3, -0.25) is 4.79 Å². The van der Waals surface area contributed by atoms with Crippen molar-refractivity contribution < 1.29 is 26.4 Å². The minimum Gasteiger partial charge on any atom is -0.316 e. The third-order valence-electron chi connectivity index (χ3n) is 4.84. The van der Waals surface area contributed by atoms with Crippen LogP contribution in [0.15, 0.2) is 23.2 Å². The molecule has 1 amide bonds. The first-order valence-electron chi connectivity index (χ1n) is 8.58. The predicted molar refractivity (Wildman–Crippen MR) is 105 cm³/mol. The van der Waals surface area contributed by atoms with Crippen molar-refractivity contribution >= 4 is 50.0 Å². The maximum atomic E-state index is 13.3. The zero-order chi connectivity index (χ0) is 20.9. The number of anilines is 1. The monoisotopic (exact) mass is 454 g/mol. The van der Waals surface area contributed by atoms with Crippen molar-refractivity contribution in [2.24, 2.45) is 10.9 Å². The number of thioether (sulfide) groups is 1. The Balaban J connectivity index is 2.07. The molecule has 0 N–H and O–H groups in total. The number of amides is 1. The van der Waals surface area contributed by atoms with E-state index in [9.17, 15) is 26.4 Å². The lowest BCUT2D eigenvalue weighted by Gasteiger charge is -2.25. The van der Waals surface area contributed by atoms with Crippen LogP contribution in [-0.2, 0) is 20.8 Å². The second-order valence-electron chi connectivity index (χ2n) is 6.87. The molecule has 2 aliphatic heterocycles. The van der Waals surface area contributed by atoms with Crippen LogP contribution in [0.25, 0.3) is 0 Å². The molecule has 1 aromatic carbocycles. The molecule has 2 heterocycles. The van der Waals surface area contributed by atoms with Gasteiger partial charge in [0.1, 0.15) is 0 Å². The molecule has 2 saturated heterocycles. The van der Waals surface area contributed by atoms with Gasteiger partial charge in [-0.05, 0) is 24.6 Å². The number of hydrogen-bond acceptors (Lipinski definition) is 4. The highest BCUT2D eigenvalue weighted by Gasteiger charge is 2.50. The quantitative estimate of drug-likeness (QED) is 0.690. The van der Waals surface area contributed by atoms with Gasteiger partial charge in [0.15, 0.2) is 15.0 Å². The molecule has 2 aliphatic rings. The van der Waals surface area contributed by atoms with E-state index < -0.39 is 37.9 Å². The number of sulfone groups is 1. The number of nitrogens with zero attached hydrogens (tertiary/aromatic N) is 2. The molecular weight excluding hydrogens is 437 g/mol. The normalized spacial score (nSPS) is 26.5. The predicted octanol–water partition coefficient (Wildman–Crippen LogP) is 4.01. The molecule has 3 atom stereocenters. The van der Waals surface area contributed by atoms with Gasteiger partial charge in [-0.1, -0.05) is 37.2 Å².